The summed E-state index contributed by atoms with van der Waals surface area (Å²) < 4.78 is 77.0. The molecule has 0 aliphatic carbocycles. The molecule has 1 aliphatic heterocycles. The van der Waals surface area contributed by atoms with Crippen molar-refractivity contribution in [2.75, 3.05) is 37.7 Å². The Bertz CT molecular complexity index is 1010. The summed E-state index contributed by atoms with van der Waals surface area (Å²) in [5, 5.41) is 0. The molecule has 0 spiro atoms. The van der Waals surface area contributed by atoms with Crippen LogP contribution in [0.2, 0.25) is 0 Å². The Morgan fingerprint density at radius 3 is 2.74 bits per heavy atom. The van der Waals surface area contributed by atoms with Crippen molar-refractivity contribution in [1.82, 2.24) is 9.88 Å². The van der Waals surface area contributed by atoms with E-state index in [1.165, 1.54) is 12.1 Å². The highest BCUT2D eigenvalue weighted by Crippen LogP contribution is 2.29. The average Bonchev–Trinajstić information content (AvgIpc) is 2.69. The zero-order chi connectivity index (χ0) is 24.6. The fourth-order valence-electron chi connectivity index (χ4n) is 2.93. The van der Waals surface area contributed by atoms with Crippen LogP contribution < -0.4 is 15.4 Å². The summed E-state index contributed by atoms with van der Waals surface area (Å²) in [4.78, 5) is 18.2. The first-order valence-corrected chi connectivity index (χ1v) is 8.24. The molecular formula is C19H22F2N4O2. The number of nitrogens with zero attached hydrogens (tertiary/aromatic N) is 3. The molecule has 1 aromatic carbocycles. The van der Waals surface area contributed by atoms with Crippen molar-refractivity contribution in [1.29, 1.82) is 0 Å². The zero-order valence-electron chi connectivity index (χ0n) is 20.3. The first-order chi connectivity index (χ1) is 15.3. The average molecular weight is 382 g/mol. The van der Waals surface area contributed by atoms with Gasteiger partial charge in [0.15, 0.2) is 11.6 Å². The quantitative estimate of drug-likeness (QED) is 0.880. The molecule has 8 heteroatoms. The van der Waals surface area contributed by atoms with Crippen molar-refractivity contribution in [3.05, 3.63) is 47.8 Å². The van der Waals surface area contributed by atoms with E-state index in [9.17, 15) is 13.6 Å². The summed E-state index contributed by atoms with van der Waals surface area (Å²) in [7, 11) is 0. The molecule has 0 saturated carbocycles. The number of amides is 1. The van der Waals surface area contributed by atoms with Crippen LogP contribution in [0, 0.1) is 11.6 Å². The number of rotatable bonds is 4. The van der Waals surface area contributed by atoms with Gasteiger partial charge in [-0.3, -0.25) is 4.79 Å². The molecule has 1 aromatic heterocycles. The molecule has 0 unspecified atom stereocenters. The number of piperidine rings is 1. The van der Waals surface area contributed by atoms with E-state index in [2.05, 4.69) is 4.98 Å². The van der Waals surface area contributed by atoms with Gasteiger partial charge in [0.05, 0.1) is 17.6 Å². The van der Waals surface area contributed by atoms with Crippen LogP contribution in [0.4, 0.5) is 20.2 Å². The molecular weight excluding hydrogens is 354 g/mol. The molecule has 2 heterocycles. The third-order valence-electron chi connectivity index (χ3n) is 4.30. The van der Waals surface area contributed by atoms with E-state index in [0.717, 1.165) is 18.3 Å². The van der Waals surface area contributed by atoms with Gasteiger partial charge in [0.2, 0.25) is 0 Å². The minimum absolute atomic E-state index is 0.0550. The topological polar surface area (TPSA) is 71.7 Å². The van der Waals surface area contributed by atoms with Gasteiger partial charge < -0.3 is 20.3 Å². The second-order valence-electron chi connectivity index (χ2n) is 6.15. The number of carbonyl (C=O) groups excluding carboxylic acids is 1. The molecule has 1 fully saturated rings. The molecule has 0 atom stereocenters. The van der Waals surface area contributed by atoms with E-state index >= 15 is 0 Å². The van der Waals surface area contributed by atoms with Gasteiger partial charge >= 0.3 is 0 Å². The molecule has 3 rings (SSSR count). The Hall–Kier alpha value is -2.90. The highest BCUT2D eigenvalue weighted by molar-refractivity contribution is 5.93. The lowest BCUT2D eigenvalue weighted by Gasteiger charge is -2.34. The third kappa shape index (κ3) is 4.27. The molecule has 1 amide bonds. The number of carbonyl (C=O) groups is 1. The predicted molar refractivity (Wildman–Crippen MR) is 98.9 cm³/mol. The van der Waals surface area contributed by atoms with E-state index in [1.54, 1.807) is 0 Å². The van der Waals surface area contributed by atoms with Gasteiger partial charge in [-0.25, -0.2) is 13.8 Å². The van der Waals surface area contributed by atoms with Crippen LogP contribution in [0.15, 0.2) is 30.5 Å². The molecule has 0 bridgehead atoms. The fraction of sp³-hybridized carbons (Fsp3) is 0.368. The van der Waals surface area contributed by atoms with E-state index in [-0.39, 0.29) is 28.1 Å². The molecule has 144 valence electrons. The molecule has 2 aromatic rings. The van der Waals surface area contributed by atoms with Gasteiger partial charge in [0, 0.05) is 54.2 Å². The smallest absolute Gasteiger partial charge is 0.272 e. The maximum Gasteiger partial charge on any atom is 0.272 e. The maximum absolute atomic E-state index is 13.8. The zero-order valence-corrected chi connectivity index (χ0v) is 14.3. The number of benzene rings is 1. The van der Waals surface area contributed by atoms with Crippen LogP contribution in [-0.2, 0) is 0 Å². The van der Waals surface area contributed by atoms with Crippen molar-refractivity contribution >= 4 is 17.3 Å². The van der Waals surface area contributed by atoms with Gasteiger partial charge in [0.25, 0.3) is 5.91 Å². The molecule has 0 radical (unpaired) electrons. The van der Waals surface area contributed by atoms with Crippen LogP contribution in [0.5, 0.6) is 5.75 Å². The Labute approximate surface area is 165 Å². The lowest BCUT2D eigenvalue weighted by Crippen LogP contribution is -2.39. The van der Waals surface area contributed by atoms with E-state index in [4.69, 9.17) is 18.7 Å². The van der Waals surface area contributed by atoms with Crippen molar-refractivity contribution in [2.45, 2.75) is 18.9 Å². The Kier molecular flexibility index (Phi) is 3.59. The maximum atomic E-state index is 13.8. The monoisotopic (exact) mass is 382 g/mol. The predicted octanol–water partition coefficient (Wildman–Crippen LogP) is 2.69. The van der Waals surface area contributed by atoms with E-state index in [1.807, 2.05) is 4.90 Å². The number of hydrogen-bond donors (Lipinski definition) is 1. The molecule has 1 saturated heterocycles. The van der Waals surface area contributed by atoms with Gasteiger partial charge in [-0.2, -0.15) is 0 Å². The fourth-order valence-corrected chi connectivity index (χ4v) is 2.93. The van der Waals surface area contributed by atoms with Gasteiger partial charge in [-0.15, -0.1) is 0 Å². The molecule has 27 heavy (non-hydrogen) atoms. The van der Waals surface area contributed by atoms with Gasteiger partial charge in [-0.05, 0) is 18.2 Å². The van der Waals surface area contributed by atoms with Crippen LogP contribution in [0.25, 0.3) is 0 Å². The van der Waals surface area contributed by atoms with Gasteiger partial charge in [0.1, 0.15) is 17.6 Å². The Morgan fingerprint density at radius 2 is 2.07 bits per heavy atom. The summed E-state index contributed by atoms with van der Waals surface area (Å²) in [6, 6.07) is 4.31. The first kappa shape index (κ1) is 12.5. The van der Waals surface area contributed by atoms with Crippen molar-refractivity contribution < 1.29 is 26.5 Å². The second-order valence-corrected chi connectivity index (χ2v) is 6.15. The van der Waals surface area contributed by atoms with Crippen LogP contribution >= 0.6 is 0 Å². The number of hydrogen-bond acceptors (Lipinski definition) is 5. The minimum Gasteiger partial charge on any atom is -0.487 e. The van der Waals surface area contributed by atoms with E-state index < -0.39 is 31.5 Å². The standard InChI is InChI=1S/C19H22F2N4O2/c1-24(2)19(26)16-10-17(15(22)11-23-16)25-7-5-13(6-8-25)27-18-4-3-12(20)9-14(18)21/h3-4,9-11,13H,5-8,22H2,1-2H3/i1D3,2D3. The van der Waals surface area contributed by atoms with Gasteiger partial charge in [-0.1, -0.05) is 0 Å². The first-order valence-electron chi connectivity index (χ1n) is 11.2. The number of halogens is 2. The second kappa shape index (κ2) is 7.77. The molecule has 1 aliphatic rings. The van der Waals surface area contributed by atoms with E-state index in [0.29, 0.717) is 31.6 Å². The number of aromatic nitrogens is 1. The van der Waals surface area contributed by atoms with Crippen molar-refractivity contribution in [2.24, 2.45) is 0 Å². The normalized spacial score (nSPS) is 19.1. The number of nitrogens with two attached hydrogens (primary N) is 1. The summed E-state index contributed by atoms with van der Waals surface area (Å²) in [5.74, 6) is -2.84. The Morgan fingerprint density at radius 1 is 1.33 bits per heavy atom. The summed E-state index contributed by atoms with van der Waals surface area (Å²) in [5.41, 5.74) is 6.21. The summed E-state index contributed by atoms with van der Waals surface area (Å²) in [6.45, 7) is -5.59. The largest absolute Gasteiger partial charge is 0.487 e. The summed E-state index contributed by atoms with van der Waals surface area (Å²) >= 11 is 0. The molecule has 6 nitrogen and oxygen atoms in total. The minimum atomic E-state index is -3.20. The molecule has 2 N–H and O–H groups in total. The number of anilines is 2. The highest BCUT2D eigenvalue weighted by Gasteiger charge is 2.24. The van der Waals surface area contributed by atoms with Crippen molar-refractivity contribution in [3.63, 3.8) is 0 Å². The summed E-state index contributed by atoms with van der Waals surface area (Å²) in [6.07, 6.45) is 1.74. The number of pyridine rings is 1. The van der Waals surface area contributed by atoms with Crippen LogP contribution in [0.3, 0.4) is 0 Å². The van der Waals surface area contributed by atoms with Crippen LogP contribution in [0.1, 0.15) is 31.6 Å². The Balaban J connectivity index is 1.74. The number of ether oxygens (including phenoxy) is 1. The van der Waals surface area contributed by atoms with Crippen molar-refractivity contribution in [3.8, 4) is 5.75 Å². The lowest BCUT2D eigenvalue weighted by molar-refractivity contribution is 0.0822. The van der Waals surface area contributed by atoms with Crippen LogP contribution in [-0.4, -0.2) is 48.9 Å². The number of nitrogen functional groups attached to an aromatic ring is 1. The third-order valence-corrected chi connectivity index (χ3v) is 4.30. The highest BCUT2D eigenvalue weighted by atomic mass is 19.1. The lowest BCUT2D eigenvalue weighted by atomic mass is 10.1. The SMILES string of the molecule is [2H]C([2H])([2H])N(C(=O)c1cc(N2CCC(Oc3ccc(F)cc3F)CC2)c(N)cn1)C([2H])([2H])[2H].